The molecule has 1 saturated heterocycles. The summed E-state index contributed by atoms with van der Waals surface area (Å²) in [5, 5.41) is 10.1. The van der Waals surface area contributed by atoms with Crippen LogP contribution in [-0.4, -0.2) is 60.2 Å². The highest BCUT2D eigenvalue weighted by Gasteiger charge is 2.24. The number of nitrogens with zero attached hydrogens (tertiary/aromatic N) is 4. The zero-order valence-electron chi connectivity index (χ0n) is 18.3. The van der Waals surface area contributed by atoms with E-state index in [9.17, 15) is 9.90 Å². The van der Waals surface area contributed by atoms with E-state index >= 15 is 0 Å². The molecule has 6 heteroatoms. The van der Waals surface area contributed by atoms with E-state index in [1.165, 1.54) is 32.1 Å². The van der Waals surface area contributed by atoms with E-state index in [0.717, 1.165) is 44.2 Å². The number of anilines is 2. The normalized spacial score (nSPS) is 18.1. The van der Waals surface area contributed by atoms with Crippen molar-refractivity contribution >= 4 is 17.4 Å². The molecule has 1 aromatic heterocycles. The Kier molecular flexibility index (Phi) is 7.41. The Hall–Kier alpha value is -2.60. The first-order valence-electron chi connectivity index (χ1n) is 11.7. The number of hydrogen-bond donors (Lipinski definition) is 1. The van der Waals surface area contributed by atoms with Crippen molar-refractivity contribution in [3.05, 3.63) is 48.7 Å². The summed E-state index contributed by atoms with van der Waals surface area (Å²) in [7, 11) is 0. The van der Waals surface area contributed by atoms with Crippen LogP contribution in [0.15, 0.2) is 48.7 Å². The maximum atomic E-state index is 13.2. The number of rotatable bonds is 7. The van der Waals surface area contributed by atoms with Gasteiger partial charge in [0.2, 0.25) is 5.91 Å². The SMILES string of the molecule is O=C(CC1CCCCC1)N(CCN1CCN(c2ccccc2O)CC1)c1ccccn1. The number of piperazine rings is 1. The lowest BCUT2D eigenvalue weighted by Gasteiger charge is -2.37. The van der Waals surface area contributed by atoms with Crippen LogP contribution in [0.4, 0.5) is 11.5 Å². The Labute approximate surface area is 185 Å². The molecular weight excluding hydrogens is 388 g/mol. The van der Waals surface area contributed by atoms with Gasteiger partial charge >= 0.3 is 0 Å². The molecule has 1 amide bonds. The molecule has 166 valence electrons. The van der Waals surface area contributed by atoms with Gasteiger partial charge in [0.05, 0.1) is 5.69 Å². The minimum absolute atomic E-state index is 0.207. The molecule has 2 aliphatic rings. The highest BCUT2D eigenvalue weighted by Crippen LogP contribution is 2.28. The summed E-state index contributed by atoms with van der Waals surface area (Å²) in [5.74, 6) is 1.83. The zero-order chi connectivity index (χ0) is 21.5. The first-order chi connectivity index (χ1) is 15.2. The molecule has 2 heterocycles. The number of pyridine rings is 1. The third-order valence-electron chi connectivity index (χ3n) is 6.65. The van der Waals surface area contributed by atoms with Gasteiger partial charge in [-0.2, -0.15) is 0 Å². The summed E-state index contributed by atoms with van der Waals surface area (Å²) in [4.78, 5) is 24.2. The van der Waals surface area contributed by atoms with Crippen LogP contribution in [0.25, 0.3) is 0 Å². The first-order valence-corrected chi connectivity index (χ1v) is 11.7. The molecule has 1 aliphatic heterocycles. The Balaban J connectivity index is 1.33. The number of para-hydroxylation sites is 2. The fourth-order valence-corrected chi connectivity index (χ4v) is 4.81. The van der Waals surface area contributed by atoms with E-state index in [0.29, 0.717) is 24.6 Å². The lowest BCUT2D eigenvalue weighted by molar-refractivity contribution is -0.119. The van der Waals surface area contributed by atoms with Crippen LogP contribution in [0.3, 0.4) is 0 Å². The van der Waals surface area contributed by atoms with Gasteiger partial charge in [-0.15, -0.1) is 0 Å². The van der Waals surface area contributed by atoms with Crippen LogP contribution in [0.2, 0.25) is 0 Å². The number of amides is 1. The van der Waals surface area contributed by atoms with E-state index in [2.05, 4.69) is 14.8 Å². The molecule has 2 fully saturated rings. The van der Waals surface area contributed by atoms with Crippen LogP contribution in [-0.2, 0) is 4.79 Å². The largest absolute Gasteiger partial charge is 0.506 e. The van der Waals surface area contributed by atoms with Gasteiger partial charge in [0, 0.05) is 51.9 Å². The highest BCUT2D eigenvalue weighted by atomic mass is 16.3. The number of benzene rings is 1. The average molecular weight is 423 g/mol. The molecule has 4 rings (SSSR count). The molecule has 0 atom stereocenters. The van der Waals surface area contributed by atoms with E-state index in [1.807, 2.05) is 41.3 Å². The maximum Gasteiger partial charge on any atom is 0.228 e. The number of carbonyl (C=O) groups is 1. The van der Waals surface area contributed by atoms with Crippen LogP contribution in [0.5, 0.6) is 5.75 Å². The highest BCUT2D eigenvalue weighted by molar-refractivity contribution is 5.92. The molecule has 6 nitrogen and oxygen atoms in total. The van der Waals surface area contributed by atoms with Crippen molar-refractivity contribution in [1.82, 2.24) is 9.88 Å². The van der Waals surface area contributed by atoms with Crippen LogP contribution < -0.4 is 9.80 Å². The van der Waals surface area contributed by atoms with E-state index < -0.39 is 0 Å². The molecule has 0 unspecified atom stereocenters. The van der Waals surface area contributed by atoms with Crippen molar-refractivity contribution in [3.8, 4) is 5.75 Å². The van der Waals surface area contributed by atoms with Gasteiger partial charge in [0.25, 0.3) is 0 Å². The average Bonchev–Trinajstić information content (AvgIpc) is 2.81. The summed E-state index contributed by atoms with van der Waals surface area (Å²) >= 11 is 0. The minimum Gasteiger partial charge on any atom is -0.506 e. The number of carbonyl (C=O) groups excluding carboxylic acids is 1. The molecule has 1 aliphatic carbocycles. The second-order valence-electron chi connectivity index (χ2n) is 8.76. The second kappa shape index (κ2) is 10.6. The number of aromatic hydroxyl groups is 1. The van der Waals surface area contributed by atoms with Gasteiger partial charge in [0.15, 0.2) is 0 Å². The molecule has 0 spiro atoms. The molecule has 0 bridgehead atoms. The van der Waals surface area contributed by atoms with Gasteiger partial charge in [-0.1, -0.05) is 37.5 Å². The number of phenols is 1. The van der Waals surface area contributed by atoms with Gasteiger partial charge in [-0.25, -0.2) is 4.98 Å². The Bertz CT molecular complexity index is 830. The first kappa shape index (κ1) is 21.6. The molecule has 1 saturated carbocycles. The quantitative estimate of drug-likeness (QED) is 0.733. The van der Waals surface area contributed by atoms with E-state index in [-0.39, 0.29) is 5.91 Å². The standard InChI is InChI=1S/C25H34N4O2/c30-23-11-5-4-10-22(23)28-17-14-27(15-18-28)16-19-29(24-12-6-7-13-26-24)25(31)20-21-8-2-1-3-9-21/h4-7,10-13,21,30H,1-3,8-9,14-20H2. The third-order valence-corrected chi connectivity index (χ3v) is 6.65. The molecule has 1 N–H and O–H groups in total. The predicted molar refractivity (Wildman–Crippen MR) is 125 cm³/mol. The lowest BCUT2D eigenvalue weighted by atomic mass is 9.86. The molecule has 1 aromatic carbocycles. The Morgan fingerprint density at radius 1 is 1.00 bits per heavy atom. The molecule has 31 heavy (non-hydrogen) atoms. The minimum atomic E-state index is 0.207. The second-order valence-corrected chi connectivity index (χ2v) is 8.76. The van der Waals surface area contributed by atoms with Gasteiger partial charge in [-0.05, 0) is 43.0 Å². The summed E-state index contributed by atoms with van der Waals surface area (Å²) < 4.78 is 0. The third kappa shape index (κ3) is 5.76. The summed E-state index contributed by atoms with van der Waals surface area (Å²) in [5.41, 5.74) is 0.903. The molecule has 0 radical (unpaired) electrons. The molecular formula is C25H34N4O2. The maximum absolute atomic E-state index is 13.2. The number of phenolic OH excluding ortho intramolecular Hbond substituents is 1. The van der Waals surface area contributed by atoms with Crippen LogP contribution >= 0.6 is 0 Å². The summed E-state index contributed by atoms with van der Waals surface area (Å²) in [6, 6.07) is 13.3. The van der Waals surface area contributed by atoms with Gasteiger partial charge < -0.3 is 10.0 Å². The van der Waals surface area contributed by atoms with Crippen molar-refractivity contribution in [2.75, 3.05) is 49.1 Å². The number of aromatic nitrogens is 1. The fourth-order valence-electron chi connectivity index (χ4n) is 4.81. The Morgan fingerprint density at radius 3 is 2.45 bits per heavy atom. The topological polar surface area (TPSA) is 59.9 Å². The van der Waals surface area contributed by atoms with Crippen LogP contribution in [0.1, 0.15) is 38.5 Å². The van der Waals surface area contributed by atoms with Crippen molar-refractivity contribution in [3.63, 3.8) is 0 Å². The van der Waals surface area contributed by atoms with Crippen molar-refractivity contribution in [1.29, 1.82) is 0 Å². The van der Waals surface area contributed by atoms with E-state index in [1.54, 1.807) is 12.3 Å². The fraction of sp³-hybridized carbons (Fsp3) is 0.520. The van der Waals surface area contributed by atoms with Crippen molar-refractivity contribution in [2.45, 2.75) is 38.5 Å². The van der Waals surface area contributed by atoms with Crippen LogP contribution in [0, 0.1) is 5.92 Å². The predicted octanol–water partition coefficient (Wildman–Crippen LogP) is 3.91. The summed E-state index contributed by atoms with van der Waals surface area (Å²) in [6.07, 6.45) is 8.57. The van der Waals surface area contributed by atoms with E-state index in [4.69, 9.17) is 0 Å². The lowest BCUT2D eigenvalue weighted by Crippen LogP contribution is -2.49. The van der Waals surface area contributed by atoms with Gasteiger partial charge in [-0.3, -0.25) is 14.6 Å². The van der Waals surface area contributed by atoms with Crippen molar-refractivity contribution < 1.29 is 9.90 Å². The van der Waals surface area contributed by atoms with Crippen molar-refractivity contribution in [2.24, 2.45) is 5.92 Å². The smallest absolute Gasteiger partial charge is 0.228 e. The molecule has 2 aromatic rings. The Morgan fingerprint density at radius 2 is 1.74 bits per heavy atom. The number of hydrogen-bond acceptors (Lipinski definition) is 5. The van der Waals surface area contributed by atoms with Gasteiger partial charge in [0.1, 0.15) is 11.6 Å². The zero-order valence-corrected chi connectivity index (χ0v) is 18.3. The summed E-state index contributed by atoms with van der Waals surface area (Å²) in [6.45, 7) is 5.08. The monoisotopic (exact) mass is 422 g/mol.